The molecular weight excluding hydrogens is 502 g/mol. The quantitative estimate of drug-likeness (QED) is 0.365. The minimum absolute atomic E-state index is 0.0476. The van der Waals surface area contributed by atoms with Crippen LogP contribution in [0.2, 0.25) is 0 Å². The van der Waals surface area contributed by atoms with Gasteiger partial charge < -0.3 is 19.9 Å². The molecule has 1 saturated heterocycles. The van der Waals surface area contributed by atoms with E-state index >= 15 is 0 Å². The minimum Gasteiger partial charge on any atom is -0.465 e. The van der Waals surface area contributed by atoms with Crippen molar-refractivity contribution in [3.8, 4) is 0 Å². The number of hydrogen-bond acceptors (Lipinski definition) is 7. The molecule has 0 bridgehead atoms. The summed E-state index contributed by atoms with van der Waals surface area (Å²) in [5.41, 5.74) is 6.45. The first kappa shape index (κ1) is 29.2. The number of amides is 1. The first-order valence-electron chi connectivity index (χ1n) is 14.1. The molecule has 0 saturated carbocycles. The van der Waals surface area contributed by atoms with Gasteiger partial charge in [-0.25, -0.2) is 4.79 Å². The molecule has 0 spiro atoms. The monoisotopic (exact) mass is 543 g/mol. The number of nitrogens with one attached hydrogen (secondary N) is 1. The zero-order valence-electron chi connectivity index (χ0n) is 24.3. The van der Waals surface area contributed by atoms with Crippen molar-refractivity contribution in [2.45, 2.75) is 65.6 Å². The van der Waals surface area contributed by atoms with Crippen LogP contribution in [-0.4, -0.2) is 65.6 Å². The lowest BCUT2D eigenvalue weighted by Gasteiger charge is -2.42. The van der Waals surface area contributed by atoms with Gasteiger partial charge in [0.15, 0.2) is 0 Å². The minimum atomic E-state index is -0.328. The van der Waals surface area contributed by atoms with E-state index in [1.54, 1.807) is 6.20 Å². The topological polar surface area (TPSA) is 87.7 Å². The van der Waals surface area contributed by atoms with Gasteiger partial charge in [0, 0.05) is 62.5 Å². The average Bonchev–Trinajstić information content (AvgIpc) is 2.96. The van der Waals surface area contributed by atoms with Crippen LogP contribution in [0.1, 0.15) is 69.3 Å². The Morgan fingerprint density at radius 3 is 2.40 bits per heavy atom. The fraction of sp³-hybridized carbons (Fsp3) is 0.438. The van der Waals surface area contributed by atoms with Crippen molar-refractivity contribution >= 4 is 17.6 Å². The van der Waals surface area contributed by atoms with E-state index < -0.39 is 0 Å². The summed E-state index contributed by atoms with van der Waals surface area (Å²) in [5, 5.41) is 3.10. The van der Waals surface area contributed by atoms with Crippen LogP contribution >= 0.6 is 0 Å². The van der Waals surface area contributed by atoms with E-state index in [2.05, 4.69) is 38.9 Å². The summed E-state index contributed by atoms with van der Waals surface area (Å²) < 4.78 is 4.88. The Balaban J connectivity index is 1.37. The second kappa shape index (κ2) is 13.5. The summed E-state index contributed by atoms with van der Waals surface area (Å²) >= 11 is 0. The van der Waals surface area contributed by atoms with E-state index in [0.717, 1.165) is 55.8 Å². The van der Waals surface area contributed by atoms with Gasteiger partial charge in [0.2, 0.25) is 0 Å². The van der Waals surface area contributed by atoms with Gasteiger partial charge in [0.25, 0.3) is 5.91 Å². The van der Waals surface area contributed by atoms with Crippen LogP contribution < -0.4 is 10.2 Å². The summed E-state index contributed by atoms with van der Waals surface area (Å²) in [5.74, 6) is -0.376. The number of benzene rings is 1. The number of aromatic nitrogens is 2. The molecule has 3 heterocycles. The highest BCUT2D eigenvalue weighted by Crippen LogP contribution is 2.28. The predicted octanol–water partition coefficient (Wildman–Crippen LogP) is 4.87. The molecule has 1 aliphatic heterocycles. The van der Waals surface area contributed by atoms with Crippen LogP contribution in [0.3, 0.4) is 0 Å². The largest absolute Gasteiger partial charge is 0.465 e. The molecule has 0 aliphatic carbocycles. The van der Waals surface area contributed by atoms with Crippen molar-refractivity contribution in [2.75, 3.05) is 31.6 Å². The van der Waals surface area contributed by atoms with Gasteiger partial charge in [0.1, 0.15) is 0 Å². The standard InChI is InChI=1S/C32H41N5O3/c1-22-10-15-33-20-27(22)21-37(28-8-6-26(7-9-28)32(39)40-5)29-13-18-36(19-14-29)24(3)12-17-35-31(38)30-23(2)11-16-34-25(30)4/h6-11,15-16,20,24,29H,12-14,17-19,21H2,1-5H3,(H,35,38). The SMILES string of the molecule is COC(=O)c1ccc(N(Cc2cnccc2C)C2CCN(C(C)CCNC(=O)c3c(C)ccnc3C)CC2)cc1. The molecule has 3 aromatic rings. The van der Waals surface area contributed by atoms with Crippen LogP contribution in [-0.2, 0) is 11.3 Å². The van der Waals surface area contributed by atoms with Crippen molar-refractivity contribution in [1.82, 2.24) is 20.2 Å². The number of piperidine rings is 1. The van der Waals surface area contributed by atoms with E-state index in [9.17, 15) is 9.59 Å². The number of nitrogens with zero attached hydrogens (tertiary/aromatic N) is 4. The number of aryl methyl sites for hydroxylation is 3. The van der Waals surface area contributed by atoms with Crippen LogP contribution in [0.5, 0.6) is 0 Å². The highest BCUT2D eigenvalue weighted by molar-refractivity contribution is 5.96. The fourth-order valence-corrected chi connectivity index (χ4v) is 5.53. The Bertz CT molecular complexity index is 1280. The Morgan fingerprint density at radius 2 is 1.75 bits per heavy atom. The highest BCUT2D eigenvalue weighted by Gasteiger charge is 2.28. The molecule has 2 aromatic heterocycles. The van der Waals surface area contributed by atoms with Crippen LogP contribution in [0.15, 0.2) is 55.0 Å². The first-order valence-corrected chi connectivity index (χ1v) is 14.1. The summed E-state index contributed by atoms with van der Waals surface area (Å²) in [4.78, 5) is 38.3. The maximum atomic E-state index is 12.7. The van der Waals surface area contributed by atoms with E-state index in [4.69, 9.17) is 4.74 Å². The number of pyridine rings is 2. The Hall–Kier alpha value is -3.78. The summed E-state index contributed by atoms with van der Waals surface area (Å²) in [7, 11) is 1.40. The van der Waals surface area contributed by atoms with Gasteiger partial charge in [-0.1, -0.05) is 0 Å². The maximum absolute atomic E-state index is 12.7. The number of carbonyl (C=O) groups is 2. The summed E-state index contributed by atoms with van der Waals surface area (Å²) in [6.45, 7) is 11.6. The van der Waals surface area contributed by atoms with Gasteiger partial charge >= 0.3 is 5.97 Å². The molecule has 1 aromatic carbocycles. The molecule has 1 atom stereocenters. The molecule has 4 rings (SSSR count). The highest BCUT2D eigenvalue weighted by atomic mass is 16.5. The molecule has 1 amide bonds. The number of hydrogen-bond donors (Lipinski definition) is 1. The number of anilines is 1. The normalized spacial score (nSPS) is 14.9. The van der Waals surface area contributed by atoms with Gasteiger partial charge in [-0.2, -0.15) is 0 Å². The molecule has 0 radical (unpaired) electrons. The average molecular weight is 544 g/mol. The predicted molar refractivity (Wildman–Crippen MR) is 158 cm³/mol. The molecule has 1 aliphatic rings. The molecule has 1 fully saturated rings. The molecule has 1 N–H and O–H groups in total. The van der Waals surface area contributed by atoms with Gasteiger partial charge in [-0.15, -0.1) is 0 Å². The van der Waals surface area contributed by atoms with Gasteiger partial charge in [0.05, 0.1) is 23.9 Å². The molecule has 212 valence electrons. The second-order valence-corrected chi connectivity index (χ2v) is 10.7. The lowest BCUT2D eigenvalue weighted by Crippen LogP contribution is -2.48. The smallest absolute Gasteiger partial charge is 0.337 e. The second-order valence-electron chi connectivity index (χ2n) is 10.7. The molecule has 1 unspecified atom stereocenters. The van der Waals surface area contributed by atoms with E-state index in [1.165, 1.54) is 18.2 Å². The third-order valence-corrected chi connectivity index (χ3v) is 8.10. The maximum Gasteiger partial charge on any atom is 0.337 e. The van der Waals surface area contributed by atoms with E-state index in [-0.39, 0.29) is 11.9 Å². The number of methoxy groups -OCH3 is 1. The van der Waals surface area contributed by atoms with Gasteiger partial charge in [-0.05, 0) is 100 Å². The van der Waals surface area contributed by atoms with Crippen molar-refractivity contribution in [3.63, 3.8) is 0 Å². The molecular formula is C32H41N5O3. The fourth-order valence-electron chi connectivity index (χ4n) is 5.53. The third kappa shape index (κ3) is 7.04. The number of rotatable bonds is 10. The third-order valence-electron chi connectivity index (χ3n) is 8.10. The summed E-state index contributed by atoms with van der Waals surface area (Å²) in [6, 6.07) is 12.4. The first-order chi connectivity index (χ1) is 19.3. The summed E-state index contributed by atoms with van der Waals surface area (Å²) in [6.07, 6.45) is 8.47. The van der Waals surface area contributed by atoms with Crippen molar-refractivity contribution in [1.29, 1.82) is 0 Å². The number of likely N-dealkylation sites (tertiary alicyclic amines) is 1. The lowest BCUT2D eigenvalue weighted by molar-refractivity contribution is 0.0600. The number of ether oxygens (including phenoxy) is 1. The molecule has 8 nitrogen and oxygen atoms in total. The number of esters is 1. The Morgan fingerprint density at radius 1 is 1.05 bits per heavy atom. The van der Waals surface area contributed by atoms with Gasteiger partial charge in [-0.3, -0.25) is 14.8 Å². The Kier molecular flexibility index (Phi) is 9.88. The van der Waals surface area contributed by atoms with Crippen molar-refractivity contribution in [2.24, 2.45) is 0 Å². The zero-order valence-corrected chi connectivity index (χ0v) is 24.3. The van der Waals surface area contributed by atoms with Crippen LogP contribution in [0.25, 0.3) is 0 Å². The van der Waals surface area contributed by atoms with Crippen molar-refractivity contribution < 1.29 is 14.3 Å². The number of carbonyl (C=O) groups excluding carboxylic acids is 2. The van der Waals surface area contributed by atoms with Crippen LogP contribution in [0.4, 0.5) is 5.69 Å². The lowest BCUT2D eigenvalue weighted by atomic mass is 9.98. The molecule has 8 heteroatoms. The van der Waals surface area contributed by atoms with E-state index in [0.29, 0.717) is 29.8 Å². The zero-order chi connectivity index (χ0) is 28.6. The van der Waals surface area contributed by atoms with Crippen LogP contribution in [0, 0.1) is 20.8 Å². The van der Waals surface area contributed by atoms with Crippen molar-refractivity contribution in [3.05, 3.63) is 88.5 Å². The van der Waals surface area contributed by atoms with E-state index in [1.807, 2.05) is 62.6 Å². The Labute approximate surface area is 237 Å². The molecule has 40 heavy (non-hydrogen) atoms.